The Balaban J connectivity index is 1.28. The van der Waals surface area contributed by atoms with Crippen molar-refractivity contribution in [1.82, 2.24) is 20.1 Å². The molecule has 2 aliphatic rings. The Kier molecular flexibility index (Phi) is 7.42. The van der Waals surface area contributed by atoms with Crippen molar-refractivity contribution in [2.45, 2.75) is 26.2 Å². The van der Waals surface area contributed by atoms with Gasteiger partial charge in [-0.3, -0.25) is 9.59 Å². The Hall–Kier alpha value is -2.87. The number of furan rings is 1. The number of amides is 2. The highest BCUT2D eigenvalue weighted by Crippen LogP contribution is 2.20. The van der Waals surface area contributed by atoms with Crippen LogP contribution < -0.4 is 10.2 Å². The number of aromatic nitrogens is 1. The molecular formula is C24H33N5O3. The molecule has 0 spiro atoms. The number of likely N-dealkylation sites (tertiary alicyclic amines) is 1. The summed E-state index contributed by atoms with van der Waals surface area (Å²) in [5.41, 5.74) is 0.588. The molecule has 8 heteroatoms. The van der Waals surface area contributed by atoms with Crippen molar-refractivity contribution in [3.05, 3.63) is 48.0 Å². The first-order valence-electron chi connectivity index (χ1n) is 11.6. The maximum absolute atomic E-state index is 12.9. The lowest BCUT2D eigenvalue weighted by molar-refractivity contribution is 0.0713. The van der Waals surface area contributed by atoms with Gasteiger partial charge in [-0.25, -0.2) is 4.98 Å². The zero-order chi connectivity index (χ0) is 22.3. The molecule has 8 nitrogen and oxygen atoms in total. The molecule has 0 radical (unpaired) electrons. The molecule has 0 saturated carbocycles. The molecule has 2 aromatic heterocycles. The van der Waals surface area contributed by atoms with Gasteiger partial charge in [-0.05, 0) is 62.5 Å². The van der Waals surface area contributed by atoms with Crippen molar-refractivity contribution in [2.75, 3.05) is 57.3 Å². The Morgan fingerprint density at radius 2 is 2.00 bits per heavy atom. The fourth-order valence-electron chi connectivity index (χ4n) is 4.59. The van der Waals surface area contributed by atoms with Gasteiger partial charge >= 0.3 is 0 Å². The number of rotatable bonds is 7. The van der Waals surface area contributed by atoms with Gasteiger partial charge in [0.05, 0.1) is 11.8 Å². The lowest BCUT2D eigenvalue weighted by Crippen LogP contribution is -2.49. The predicted octanol–water partition coefficient (Wildman–Crippen LogP) is 2.49. The third-order valence-corrected chi connectivity index (χ3v) is 6.31. The lowest BCUT2D eigenvalue weighted by atomic mass is 10.0. The van der Waals surface area contributed by atoms with E-state index in [2.05, 4.69) is 27.0 Å². The van der Waals surface area contributed by atoms with Gasteiger partial charge in [0.1, 0.15) is 5.82 Å². The molecule has 172 valence electrons. The molecule has 2 fully saturated rings. The predicted molar refractivity (Wildman–Crippen MR) is 123 cm³/mol. The van der Waals surface area contributed by atoms with Crippen LogP contribution in [0.25, 0.3) is 0 Å². The quantitative estimate of drug-likeness (QED) is 0.668. The van der Waals surface area contributed by atoms with Crippen molar-refractivity contribution in [3.63, 3.8) is 0 Å². The minimum absolute atomic E-state index is 0.0887. The van der Waals surface area contributed by atoms with Crippen molar-refractivity contribution >= 4 is 17.6 Å². The second kappa shape index (κ2) is 10.6. The third-order valence-electron chi connectivity index (χ3n) is 6.31. The second-order valence-corrected chi connectivity index (χ2v) is 8.79. The maximum Gasteiger partial charge on any atom is 0.289 e. The summed E-state index contributed by atoms with van der Waals surface area (Å²) in [5, 5.41) is 3.07. The smallest absolute Gasteiger partial charge is 0.289 e. The molecule has 2 saturated heterocycles. The summed E-state index contributed by atoms with van der Waals surface area (Å²) in [7, 11) is 0. The number of pyridine rings is 1. The first kappa shape index (κ1) is 22.3. The number of carbonyl (C=O) groups is 2. The normalized spacial score (nSPS) is 19.7. The summed E-state index contributed by atoms with van der Waals surface area (Å²) in [4.78, 5) is 36.2. The summed E-state index contributed by atoms with van der Waals surface area (Å²) in [6.45, 7) is 8.68. The van der Waals surface area contributed by atoms with Crippen LogP contribution in [0.15, 0.2) is 41.1 Å². The molecule has 1 atom stereocenters. The molecule has 4 rings (SSSR count). The van der Waals surface area contributed by atoms with Crippen LogP contribution in [0.2, 0.25) is 0 Å². The molecule has 2 aliphatic heterocycles. The largest absolute Gasteiger partial charge is 0.459 e. The number of nitrogens with one attached hydrogen (secondary N) is 1. The summed E-state index contributed by atoms with van der Waals surface area (Å²) in [6.07, 6.45) is 6.76. The number of nitrogens with zero attached hydrogens (tertiary/aromatic N) is 4. The second-order valence-electron chi connectivity index (χ2n) is 8.79. The number of hydrogen-bond donors (Lipinski definition) is 1. The number of hydrogen-bond acceptors (Lipinski definition) is 6. The Morgan fingerprint density at radius 1 is 1.16 bits per heavy atom. The van der Waals surface area contributed by atoms with Crippen LogP contribution in [0.1, 0.15) is 47.1 Å². The molecule has 2 aromatic rings. The average Bonchev–Trinajstić information content (AvgIpc) is 3.36. The SMILES string of the molecule is CC1CCCN(CCCNC(=O)c2cccnc2N2CCN(C(=O)c3ccco3)CC2)C1. The number of carbonyl (C=O) groups excluding carboxylic acids is 2. The Bertz CT molecular complexity index is 893. The van der Waals surface area contributed by atoms with Crippen molar-refractivity contribution in [3.8, 4) is 0 Å². The highest BCUT2D eigenvalue weighted by molar-refractivity contribution is 5.99. The van der Waals surface area contributed by atoms with Crippen LogP contribution in [-0.2, 0) is 0 Å². The molecule has 0 aliphatic carbocycles. The van der Waals surface area contributed by atoms with Crippen LogP contribution >= 0.6 is 0 Å². The van der Waals surface area contributed by atoms with E-state index in [1.165, 1.54) is 25.6 Å². The highest BCUT2D eigenvalue weighted by atomic mass is 16.3. The van der Waals surface area contributed by atoms with E-state index >= 15 is 0 Å². The molecule has 4 heterocycles. The van der Waals surface area contributed by atoms with Gasteiger partial charge < -0.3 is 24.4 Å². The maximum atomic E-state index is 12.9. The van der Waals surface area contributed by atoms with Crippen molar-refractivity contribution in [2.24, 2.45) is 5.92 Å². The van der Waals surface area contributed by atoms with E-state index in [0.29, 0.717) is 49.9 Å². The van der Waals surface area contributed by atoms with Crippen LogP contribution in [0, 0.1) is 5.92 Å². The summed E-state index contributed by atoms with van der Waals surface area (Å²) in [5.74, 6) is 1.62. The van der Waals surface area contributed by atoms with E-state index in [4.69, 9.17) is 4.42 Å². The van der Waals surface area contributed by atoms with Crippen LogP contribution in [0.5, 0.6) is 0 Å². The number of piperidine rings is 1. The van der Waals surface area contributed by atoms with E-state index in [0.717, 1.165) is 25.4 Å². The molecule has 0 aromatic carbocycles. The van der Waals surface area contributed by atoms with E-state index in [9.17, 15) is 9.59 Å². The average molecular weight is 440 g/mol. The fourth-order valence-corrected chi connectivity index (χ4v) is 4.59. The molecule has 1 N–H and O–H groups in total. The number of piperazine rings is 1. The zero-order valence-corrected chi connectivity index (χ0v) is 18.8. The van der Waals surface area contributed by atoms with Gasteiger partial charge in [-0.1, -0.05) is 6.92 Å². The van der Waals surface area contributed by atoms with Gasteiger partial charge in [-0.15, -0.1) is 0 Å². The van der Waals surface area contributed by atoms with Crippen LogP contribution in [0.3, 0.4) is 0 Å². The van der Waals surface area contributed by atoms with Crippen molar-refractivity contribution < 1.29 is 14.0 Å². The first-order chi connectivity index (χ1) is 15.6. The Morgan fingerprint density at radius 3 is 2.75 bits per heavy atom. The fraction of sp³-hybridized carbons (Fsp3) is 0.542. The topological polar surface area (TPSA) is 81.9 Å². The zero-order valence-electron chi connectivity index (χ0n) is 18.8. The Labute approximate surface area is 189 Å². The minimum Gasteiger partial charge on any atom is -0.459 e. The van der Waals surface area contributed by atoms with Gasteiger partial charge in [0.15, 0.2) is 5.76 Å². The molecular weight excluding hydrogens is 406 g/mol. The van der Waals surface area contributed by atoms with Gasteiger partial charge in [-0.2, -0.15) is 0 Å². The van der Waals surface area contributed by atoms with E-state index in [-0.39, 0.29) is 11.8 Å². The lowest BCUT2D eigenvalue weighted by Gasteiger charge is -2.35. The van der Waals surface area contributed by atoms with E-state index in [1.54, 1.807) is 29.3 Å². The first-order valence-corrected chi connectivity index (χ1v) is 11.6. The molecule has 2 amide bonds. The van der Waals surface area contributed by atoms with Crippen LogP contribution in [0.4, 0.5) is 5.82 Å². The monoisotopic (exact) mass is 439 g/mol. The van der Waals surface area contributed by atoms with Crippen LogP contribution in [-0.4, -0.2) is 79.0 Å². The summed E-state index contributed by atoms with van der Waals surface area (Å²) < 4.78 is 5.23. The van der Waals surface area contributed by atoms with Gasteiger partial charge in [0.2, 0.25) is 0 Å². The summed E-state index contributed by atoms with van der Waals surface area (Å²) in [6, 6.07) is 7.02. The third kappa shape index (κ3) is 5.48. The summed E-state index contributed by atoms with van der Waals surface area (Å²) >= 11 is 0. The number of anilines is 1. The van der Waals surface area contributed by atoms with Gasteiger partial charge in [0, 0.05) is 45.5 Å². The molecule has 1 unspecified atom stereocenters. The minimum atomic E-state index is -0.100. The van der Waals surface area contributed by atoms with E-state index < -0.39 is 0 Å². The van der Waals surface area contributed by atoms with Gasteiger partial charge in [0.25, 0.3) is 11.8 Å². The molecule has 32 heavy (non-hydrogen) atoms. The highest BCUT2D eigenvalue weighted by Gasteiger charge is 2.26. The molecule has 0 bridgehead atoms. The van der Waals surface area contributed by atoms with E-state index in [1.807, 2.05) is 6.07 Å². The standard InChI is InChI=1S/C24H33N5O3/c1-19-6-3-11-27(18-19)12-5-10-26-23(30)20-7-2-9-25-22(20)28-13-15-29(16-14-28)24(31)21-8-4-17-32-21/h2,4,7-9,17,19H,3,5-6,10-16,18H2,1H3,(H,26,30). The van der Waals surface area contributed by atoms with Crippen molar-refractivity contribution in [1.29, 1.82) is 0 Å².